The van der Waals surface area contributed by atoms with Gasteiger partial charge in [-0.05, 0) is 18.6 Å². The van der Waals surface area contributed by atoms with Gasteiger partial charge in [0, 0.05) is 0 Å². The van der Waals surface area contributed by atoms with Crippen molar-refractivity contribution in [3.05, 3.63) is 23.8 Å². The average molecular weight is 172 g/mol. The molecular weight excluding hydrogens is 164 g/mol. The molecule has 3 nitrogen and oxygen atoms in total. The molecule has 0 aliphatic carbocycles. The van der Waals surface area contributed by atoms with Gasteiger partial charge in [0.05, 0.1) is 0 Å². The highest BCUT2D eigenvalue weighted by Crippen LogP contribution is 2.22. The smallest absolute Gasteiger partial charge is 0.190 e. The number of aromatic hydroxyl groups is 1. The van der Waals surface area contributed by atoms with Gasteiger partial charge in [-0.25, -0.2) is 4.21 Å². The van der Waals surface area contributed by atoms with Crippen LogP contribution in [0.2, 0.25) is 0 Å². The molecule has 0 spiro atoms. The number of aryl methyl sites for hydroxylation is 1. The number of hydrogen-bond acceptors (Lipinski definition) is 2. The molecule has 0 bridgehead atoms. The zero-order valence-corrected chi connectivity index (χ0v) is 6.76. The largest absolute Gasteiger partial charge is 0.507 e. The summed E-state index contributed by atoms with van der Waals surface area (Å²) in [6.07, 6.45) is 0. The second-order valence-corrected chi connectivity index (χ2v) is 3.08. The lowest BCUT2D eigenvalue weighted by Crippen LogP contribution is -1.92. The predicted molar refractivity (Wildman–Crippen MR) is 41.9 cm³/mol. The Bertz CT molecular complexity index is 275. The fraction of sp³-hybridized carbons (Fsp3) is 0.143. The Balaban J connectivity index is 3.32. The SMILES string of the molecule is Cc1cccc(O)c1S(=O)O. The van der Waals surface area contributed by atoms with Gasteiger partial charge in [-0.15, -0.1) is 0 Å². The molecule has 0 saturated heterocycles. The van der Waals surface area contributed by atoms with E-state index in [-0.39, 0.29) is 10.6 Å². The minimum Gasteiger partial charge on any atom is -0.507 e. The van der Waals surface area contributed by atoms with Crippen molar-refractivity contribution >= 4 is 11.1 Å². The third kappa shape index (κ3) is 1.58. The second kappa shape index (κ2) is 3.02. The highest BCUT2D eigenvalue weighted by Gasteiger charge is 2.08. The van der Waals surface area contributed by atoms with E-state index in [2.05, 4.69) is 0 Å². The van der Waals surface area contributed by atoms with E-state index in [0.29, 0.717) is 5.56 Å². The lowest BCUT2D eigenvalue weighted by molar-refractivity contribution is 0.456. The molecule has 0 radical (unpaired) electrons. The molecule has 0 aromatic heterocycles. The number of benzene rings is 1. The molecular formula is C7H8O3S. The third-order valence-corrected chi connectivity index (χ3v) is 2.25. The monoisotopic (exact) mass is 172 g/mol. The normalized spacial score (nSPS) is 12.9. The number of hydrogen-bond donors (Lipinski definition) is 2. The van der Waals surface area contributed by atoms with Gasteiger partial charge in [0.25, 0.3) is 0 Å². The van der Waals surface area contributed by atoms with Crippen LogP contribution in [0.1, 0.15) is 5.56 Å². The van der Waals surface area contributed by atoms with E-state index >= 15 is 0 Å². The van der Waals surface area contributed by atoms with Gasteiger partial charge in [0.2, 0.25) is 0 Å². The van der Waals surface area contributed by atoms with Crippen LogP contribution in [0.3, 0.4) is 0 Å². The van der Waals surface area contributed by atoms with Crippen molar-refractivity contribution in [2.24, 2.45) is 0 Å². The molecule has 0 aliphatic heterocycles. The van der Waals surface area contributed by atoms with Crippen molar-refractivity contribution in [3.63, 3.8) is 0 Å². The van der Waals surface area contributed by atoms with Crippen LogP contribution < -0.4 is 0 Å². The lowest BCUT2D eigenvalue weighted by Gasteiger charge is -2.01. The maximum atomic E-state index is 10.6. The van der Waals surface area contributed by atoms with Crippen molar-refractivity contribution in [2.75, 3.05) is 0 Å². The fourth-order valence-electron chi connectivity index (χ4n) is 0.864. The van der Waals surface area contributed by atoms with Gasteiger partial charge >= 0.3 is 0 Å². The summed E-state index contributed by atoms with van der Waals surface area (Å²) in [4.78, 5) is 0.0903. The number of phenols is 1. The van der Waals surface area contributed by atoms with Gasteiger partial charge in [-0.2, -0.15) is 0 Å². The molecule has 1 aromatic carbocycles. The Morgan fingerprint density at radius 2 is 2.09 bits per heavy atom. The van der Waals surface area contributed by atoms with Gasteiger partial charge < -0.3 is 9.66 Å². The molecule has 0 saturated carbocycles. The minimum atomic E-state index is -2.10. The fourth-order valence-corrected chi connectivity index (χ4v) is 1.45. The molecule has 0 heterocycles. The molecule has 2 N–H and O–H groups in total. The Hall–Kier alpha value is -0.870. The summed E-state index contributed by atoms with van der Waals surface area (Å²) in [5.41, 5.74) is 0.617. The molecule has 11 heavy (non-hydrogen) atoms. The summed E-state index contributed by atoms with van der Waals surface area (Å²) in [6.45, 7) is 1.67. The van der Waals surface area contributed by atoms with Gasteiger partial charge in [0.15, 0.2) is 11.1 Å². The lowest BCUT2D eigenvalue weighted by atomic mass is 10.2. The molecule has 60 valence electrons. The van der Waals surface area contributed by atoms with Crippen LogP contribution in [0.25, 0.3) is 0 Å². The first-order valence-corrected chi connectivity index (χ1v) is 4.13. The zero-order valence-electron chi connectivity index (χ0n) is 5.94. The Labute approximate surface area is 67.0 Å². The van der Waals surface area contributed by atoms with Crippen LogP contribution in [-0.2, 0) is 11.1 Å². The minimum absolute atomic E-state index is 0.0903. The quantitative estimate of drug-likeness (QED) is 0.627. The van der Waals surface area contributed by atoms with Crippen molar-refractivity contribution < 1.29 is 13.9 Å². The van der Waals surface area contributed by atoms with Crippen LogP contribution in [0.4, 0.5) is 0 Å². The molecule has 4 heteroatoms. The number of rotatable bonds is 1. The first kappa shape index (κ1) is 8.23. The molecule has 1 aromatic rings. The van der Waals surface area contributed by atoms with Crippen molar-refractivity contribution in [2.45, 2.75) is 11.8 Å². The van der Waals surface area contributed by atoms with Gasteiger partial charge in [-0.1, -0.05) is 12.1 Å². The molecule has 0 fully saturated rings. The predicted octanol–water partition coefficient (Wildman–Crippen LogP) is 1.28. The van der Waals surface area contributed by atoms with Crippen LogP contribution >= 0.6 is 0 Å². The van der Waals surface area contributed by atoms with E-state index < -0.39 is 11.1 Å². The van der Waals surface area contributed by atoms with E-state index in [4.69, 9.17) is 9.66 Å². The van der Waals surface area contributed by atoms with Gasteiger partial charge in [-0.3, -0.25) is 0 Å². The second-order valence-electron chi connectivity index (χ2n) is 2.17. The van der Waals surface area contributed by atoms with Crippen molar-refractivity contribution in [3.8, 4) is 5.75 Å². The third-order valence-electron chi connectivity index (χ3n) is 1.37. The first-order chi connectivity index (χ1) is 5.13. The molecule has 0 aliphatic rings. The zero-order chi connectivity index (χ0) is 8.43. The van der Waals surface area contributed by atoms with E-state index in [0.717, 1.165) is 0 Å². The van der Waals surface area contributed by atoms with E-state index in [1.807, 2.05) is 0 Å². The molecule has 1 rings (SSSR count). The van der Waals surface area contributed by atoms with E-state index in [1.54, 1.807) is 19.1 Å². The van der Waals surface area contributed by atoms with E-state index in [1.165, 1.54) is 6.07 Å². The summed E-state index contributed by atoms with van der Waals surface area (Å²) < 4.78 is 19.3. The van der Waals surface area contributed by atoms with Crippen molar-refractivity contribution in [1.29, 1.82) is 0 Å². The molecule has 1 atom stereocenters. The maximum Gasteiger partial charge on any atom is 0.190 e. The highest BCUT2D eigenvalue weighted by atomic mass is 32.2. The Morgan fingerprint density at radius 1 is 1.45 bits per heavy atom. The Morgan fingerprint density at radius 3 is 2.45 bits per heavy atom. The first-order valence-electron chi connectivity index (χ1n) is 3.02. The molecule has 1 unspecified atom stereocenters. The maximum absolute atomic E-state index is 10.6. The Kier molecular flexibility index (Phi) is 2.26. The summed E-state index contributed by atoms with van der Waals surface area (Å²) in [6, 6.07) is 4.68. The summed E-state index contributed by atoms with van der Waals surface area (Å²) in [5.74, 6) is -0.133. The summed E-state index contributed by atoms with van der Waals surface area (Å²) in [5, 5.41) is 9.11. The van der Waals surface area contributed by atoms with Crippen LogP contribution in [-0.4, -0.2) is 13.9 Å². The van der Waals surface area contributed by atoms with Crippen LogP contribution in [0.5, 0.6) is 5.75 Å². The van der Waals surface area contributed by atoms with Crippen LogP contribution in [0, 0.1) is 6.92 Å². The van der Waals surface area contributed by atoms with E-state index in [9.17, 15) is 4.21 Å². The van der Waals surface area contributed by atoms with Crippen LogP contribution in [0.15, 0.2) is 23.1 Å². The molecule has 0 amide bonds. The van der Waals surface area contributed by atoms with Crippen molar-refractivity contribution in [1.82, 2.24) is 0 Å². The summed E-state index contributed by atoms with van der Waals surface area (Å²) >= 11 is -2.10. The summed E-state index contributed by atoms with van der Waals surface area (Å²) in [7, 11) is 0. The number of phenolic OH excluding ortho intramolecular Hbond substituents is 1. The van der Waals surface area contributed by atoms with Gasteiger partial charge in [0.1, 0.15) is 10.6 Å². The topological polar surface area (TPSA) is 57.5 Å². The average Bonchev–Trinajstić information content (AvgIpc) is 1.85. The standard InChI is InChI=1S/C7H8O3S/c1-5-3-2-4-6(8)7(5)11(9)10/h2-4,8H,1H3,(H,9,10). The highest BCUT2D eigenvalue weighted by molar-refractivity contribution is 7.79.